The van der Waals surface area contributed by atoms with E-state index in [1.807, 2.05) is 11.8 Å². The summed E-state index contributed by atoms with van der Waals surface area (Å²) in [6.45, 7) is 2.20. The van der Waals surface area contributed by atoms with Gasteiger partial charge in [0.25, 0.3) is 0 Å². The number of nitrogens with two attached hydrogens (primary N) is 1. The van der Waals surface area contributed by atoms with Crippen molar-refractivity contribution in [1.82, 2.24) is 4.98 Å². The lowest BCUT2D eigenvalue weighted by atomic mass is 10.1. The number of hydrogen-bond acceptors (Lipinski definition) is 4. The third kappa shape index (κ3) is 2.99. The maximum Gasteiger partial charge on any atom is 0.106 e. The summed E-state index contributed by atoms with van der Waals surface area (Å²) in [6.07, 6.45) is 6.11. The van der Waals surface area contributed by atoms with Crippen LogP contribution in [-0.4, -0.2) is 10.7 Å². The molecule has 4 heteroatoms. The number of hydrogen-bond donors (Lipinski definition) is 1. The van der Waals surface area contributed by atoms with Gasteiger partial charge in [-0.2, -0.15) is 11.8 Å². The molecule has 16 heavy (non-hydrogen) atoms. The van der Waals surface area contributed by atoms with Crippen LogP contribution in [0.25, 0.3) is 0 Å². The third-order valence-corrected chi connectivity index (χ3v) is 5.50. The Labute approximate surface area is 106 Å². The summed E-state index contributed by atoms with van der Waals surface area (Å²) in [6, 6.07) is 0.149. The number of rotatable bonds is 5. The highest BCUT2D eigenvalue weighted by Crippen LogP contribution is 2.41. The van der Waals surface area contributed by atoms with Crippen molar-refractivity contribution < 1.29 is 0 Å². The molecule has 2 atom stereocenters. The lowest BCUT2D eigenvalue weighted by Gasteiger charge is -2.07. The van der Waals surface area contributed by atoms with E-state index in [0.29, 0.717) is 5.25 Å². The molecule has 1 fully saturated rings. The lowest BCUT2D eigenvalue weighted by Crippen LogP contribution is -2.10. The minimum Gasteiger partial charge on any atom is -0.323 e. The molecule has 2 N–H and O–H groups in total. The highest BCUT2D eigenvalue weighted by Gasteiger charge is 2.21. The number of nitrogens with zero attached hydrogens (tertiary/aromatic N) is 1. The van der Waals surface area contributed by atoms with E-state index in [-0.39, 0.29) is 6.04 Å². The highest BCUT2D eigenvalue weighted by molar-refractivity contribution is 7.99. The number of aromatic nitrogens is 1. The van der Waals surface area contributed by atoms with Gasteiger partial charge in [0.1, 0.15) is 5.01 Å². The molecule has 1 aromatic rings. The van der Waals surface area contributed by atoms with Crippen LogP contribution in [0.15, 0.2) is 5.38 Å². The van der Waals surface area contributed by atoms with Crippen molar-refractivity contribution in [3.05, 3.63) is 16.1 Å². The summed E-state index contributed by atoms with van der Waals surface area (Å²) in [4.78, 5) is 4.72. The van der Waals surface area contributed by atoms with E-state index in [2.05, 4.69) is 12.3 Å². The van der Waals surface area contributed by atoms with E-state index in [1.54, 1.807) is 11.3 Å². The van der Waals surface area contributed by atoms with Gasteiger partial charge in [0.2, 0.25) is 0 Å². The van der Waals surface area contributed by atoms with Gasteiger partial charge in [-0.25, -0.2) is 4.98 Å². The fraction of sp³-hybridized carbons (Fsp3) is 0.750. The molecule has 1 aliphatic heterocycles. The summed E-state index contributed by atoms with van der Waals surface area (Å²) in [7, 11) is 0. The molecule has 2 heterocycles. The predicted molar refractivity (Wildman–Crippen MR) is 73.0 cm³/mol. The van der Waals surface area contributed by atoms with Gasteiger partial charge >= 0.3 is 0 Å². The molecular weight excluding hydrogens is 236 g/mol. The van der Waals surface area contributed by atoms with Crippen LogP contribution >= 0.6 is 23.1 Å². The van der Waals surface area contributed by atoms with E-state index in [0.717, 1.165) is 12.1 Å². The summed E-state index contributed by atoms with van der Waals surface area (Å²) in [5.74, 6) is 1.29. The van der Waals surface area contributed by atoms with Gasteiger partial charge in [-0.3, -0.25) is 0 Å². The normalized spacial score (nSPS) is 22.5. The molecule has 1 saturated heterocycles. The fourth-order valence-electron chi connectivity index (χ4n) is 1.96. The molecule has 2 unspecified atom stereocenters. The van der Waals surface area contributed by atoms with Crippen LogP contribution in [-0.2, 0) is 0 Å². The van der Waals surface area contributed by atoms with E-state index < -0.39 is 0 Å². The molecule has 1 aliphatic rings. The zero-order valence-corrected chi connectivity index (χ0v) is 11.4. The SMILES string of the molecule is CCCCC(N)c1csc(C2CCCS2)n1. The van der Waals surface area contributed by atoms with Gasteiger partial charge in [0, 0.05) is 11.4 Å². The van der Waals surface area contributed by atoms with Crippen molar-refractivity contribution in [3.8, 4) is 0 Å². The van der Waals surface area contributed by atoms with E-state index >= 15 is 0 Å². The number of thioether (sulfide) groups is 1. The second kappa shape index (κ2) is 6.03. The predicted octanol–water partition coefficient (Wildman–Crippen LogP) is 3.90. The molecule has 0 spiro atoms. The van der Waals surface area contributed by atoms with Crippen LogP contribution in [0.4, 0.5) is 0 Å². The first-order chi connectivity index (χ1) is 7.81. The Morgan fingerprint density at radius 3 is 3.19 bits per heavy atom. The molecule has 2 nitrogen and oxygen atoms in total. The molecule has 90 valence electrons. The molecule has 0 radical (unpaired) electrons. The third-order valence-electron chi connectivity index (χ3n) is 2.99. The van der Waals surface area contributed by atoms with Crippen molar-refractivity contribution in [2.45, 2.75) is 50.3 Å². The second-order valence-corrected chi connectivity index (χ2v) is 6.56. The van der Waals surface area contributed by atoms with Crippen molar-refractivity contribution in [1.29, 1.82) is 0 Å². The molecule has 2 rings (SSSR count). The average Bonchev–Trinajstić information content (AvgIpc) is 2.94. The first-order valence-electron chi connectivity index (χ1n) is 6.13. The Bertz CT molecular complexity index is 319. The monoisotopic (exact) mass is 256 g/mol. The van der Waals surface area contributed by atoms with Crippen LogP contribution in [0.3, 0.4) is 0 Å². The molecule has 1 aromatic heterocycles. The standard InChI is InChI=1S/C12H20N2S2/c1-2-3-5-9(13)10-8-16-12(14-10)11-6-4-7-15-11/h8-9,11H,2-7,13H2,1H3. The average molecular weight is 256 g/mol. The Kier molecular flexibility index (Phi) is 4.67. The summed E-state index contributed by atoms with van der Waals surface area (Å²) >= 11 is 3.84. The number of thiazole rings is 1. The van der Waals surface area contributed by atoms with Crippen LogP contribution in [0, 0.1) is 0 Å². The maximum absolute atomic E-state index is 6.13. The minimum absolute atomic E-state index is 0.149. The second-order valence-electron chi connectivity index (χ2n) is 4.36. The van der Waals surface area contributed by atoms with Crippen LogP contribution in [0.2, 0.25) is 0 Å². The molecule has 0 amide bonds. The first-order valence-corrected chi connectivity index (χ1v) is 8.06. The fourth-order valence-corrected chi connectivity index (χ4v) is 4.38. The Morgan fingerprint density at radius 2 is 2.50 bits per heavy atom. The van der Waals surface area contributed by atoms with Crippen molar-refractivity contribution in [2.75, 3.05) is 5.75 Å². The number of unbranched alkanes of at least 4 members (excludes halogenated alkanes) is 1. The zero-order valence-electron chi connectivity index (χ0n) is 9.82. The quantitative estimate of drug-likeness (QED) is 0.868. The molecule has 0 aliphatic carbocycles. The van der Waals surface area contributed by atoms with Crippen LogP contribution in [0.1, 0.15) is 61.0 Å². The maximum atomic E-state index is 6.13. The van der Waals surface area contributed by atoms with Crippen LogP contribution < -0.4 is 5.73 Å². The van der Waals surface area contributed by atoms with Crippen molar-refractivity contribution >= 4 is 23.1 Å². The first kappa shape index (κ1) is 12.4. The summed E-state index contributed by atoms with van der Waals surface area (Å²) in [5, 5.41) is 4.11. The van der Waals surface area contributed by atoms with Gasteiger partial charge in [-0.05, 0) is 25.0 Å². The molecule has 0 aromatic carbocycles. The van der Waals surface area contributed by atoms with Gasteiger partial charge in [0.05, 0.1) is 10.9 Å². The molecular formula is C12H20N2S2. The van der Waals surface area contributed by atoms with Crippen molar-refractivity contribution in [3.63, 3.8) is 0 Å². The van der Waals surface area contributed by atoms with E-state index in [1.165, 1.54) is 36.4 Å². The van der Waals surface area contributed by atoms with Gasteiger partial charge < -0.3 is 5.73 Å². The van der Waals surface area contributed by atoms with Crippen LogP contribution in [0.5, 0.6) is 0 Å². The van der Waals surface area contributed by atoms with Gasteiger partial charge in [-0.1, -0.05) is 19.8 Å². The Hall–Kier alpha value is -0.0600. The summed E-state index contributed by atoms with van der Waals surface area (Å²) in [5.41, 5.74) is 7.24. The smallest absolute Gasteiger partial charge is 0.106 e. The summed E-state index contributed by atoms with van der Waals surface area (Å²) < 4.78 is 0. The minimum atomic E-state index is 0.149. The van der Waals surface area contributed by atoms with E-state index in [4.69, 9.17) is 10.7 Å². The van der Waals surface area contributed by atoms with E-state index in [9.17, 15) is 0 Å². The lowest BCUT2D eigenvalue weighted by molar-refractivity contribution is 0.591. The largest absolute Gasteiger partial charge is 0.323 e. The topological polar surface area (TPSA) is 38.9 Å². The van der Waals surface area contributed by atoms with Crippen molar-refractivity contribution in [2.24, 2.45) is 5.73 Å². The van der Waals surface area contributed by atoms with Gasteiger partial charge in [-0.15, -0.1) is 11.3 Å². The van der Waals surface area contributed by atoms with Gasteiger partial charge in [0.15, 0.2) is 0 Å². The molecule has 0 saturated carbocycles. The zero-order chi connectivity index (χ0) is 11.4. The highest BCUT2D eigenvalue weighted by atomic mass is 32.2. The Balaban J connectivity index is 1.95. The Morgan fingerprint density at radius 1 is 1.62 bits per heavy atom. The molecule has 0 bridgehead atoms.